The number of benzene rings is 2. The van der Waals surface area contributed by atoms with Crippen molar-refractivity contribution in [3.63, 3.8) is 0 Å². The topological polar surface area (TPSA) is 70.7 Å². The molecule has 2 aromatic carbocycles. The smallest absolute Gasteiger partial charge is 0.268 e. The van der Waals surface area contributed by atoms with Gasteiger partial charge < -0.3 is 4.57 Å². The van der Waals surface area contributed by atoms with Crippen LogP contribution in [-0.4, -0.2) is 15.5 Å². The maximum Gasteiger partial charge on any atom is 0.268 e. The fourth-order valence-electron chi connectivity index (χ4n) is 2.76. The molecule has 0 spiro atoms. The van der Waals surface area contributed by atoms with Crippen molar-refractivity contribution >= 4 is 34.2 Å². The molecule has 27 heavy (non-hydrogen) atoms. The molecule has 1 amide bonds. The monoisotopic (exact) mass is 376 g/mol. The van der Waals surface area contributed by atoms with E-state index in [9.17, 15) is 9.18 Å². The highest BCUT2D eigenvalue weighted by Gasteiger charge is 2.15. The van der Waals surface area contributed by atoms with Crippen molar-refractivity contribution in [3.05, 3.63) is 70.9 Å². The van der Waals surface area contributed by atoms with Gasteiger partial charge in [-0.15, -0.1) is 11.3 Å². The molecule has 1 N–H and O–H groups in total. The van der Waals surface area contributed by atoms with Gasteiger partial charge >= 0.3 is 0 Å². The number of aryl methyl sites for hydroxylation is 1. The van der Waals surface area contributed by atoms with E-state index in [1.807, 2.05) is 6.07 Å². The molecule has 4 aromatic rings. The third-order valence-corrected chi connectivity index (χ3v) is 5.33. The average molecular weight is 376 g/mol. The van der Waals surface area contributed by atoms with Crippen LogP contribution in [0.2, 0.25) is 0 Å². The Bertz CT molecular complexity index is 1200. The van der Waals surface area contributed by atoms with Crippen LogP contribution in [0.5, 0.6) is 0 Å². The van der Waals surface area contributed by atoms with Gasteiger partial charge in [-0.2, -0.15) is 5.26 Å². The van der Waals surface area contributed by atoms with Gasteiger partial charge in [0.05, 0.1) is 27.5 Å². The number of rotatable bonds is 3. The van der Waals surface area contributed by atoms with Crippen LogP contribution in [0.1, 0.15) is 15.2 Å². The molecular formula is C20H13FN4OS. The molecular weight excluding hydrogens is 363 g/mol. The van der Waals surface area contributed by atoms with E-state index < -0.39 is 0 Å². The Balaban J connectivity index is 1.59. The zero-order valence-corrected chi connectivity index (χ0v) is 15.0. The van der Waals surface area contributed by atoms with Gasteiger partial charge in [0, 0.05) is 11.9 Å². The first-order chi connectivity index (χ1) is 13.0. The van der Waals surface area contributed by atoms with Gasteiger partial charge in [0.1, 0.15) is 5.82 Å². The number of thiophene rings is 1. The number of anilines is 1. The number of halogens is 1. The van der Waals surface area contributed by atoms with Gasteiger partial charge in [-0.25, -0.2) is 9.37 Å². The number of nitriles is 1. The summed E-state index contributed by atoms with van der Waals surface area (Å²) >= 11 is 1.32. The Morgan fingerprint density at radius 1 is 1.19 bits per heavy atom. The molecule has 0 aliphatic rings. The molecule has 0 radical (unpaired) electrons. The lowest BCUT2D eigenvalue weighted by Crippen LogP contribution is -2.13. The maximum absolute atomic E-state index is 13.1. The maximum atomic E-state index is 13.1. The number of imidazole rings is 1. The van der Waals surface area contributed by atoms with Gasteiger partial charge in [0.2, 0.25) is 5.95 Å². The van der Waals surface area contributed by atoms with E-state index in [1.54, 1.807) is 48.0 Å². The summed E-state index contributed by atoms with van der Waals surface area (Å²) in [6.07, 6.45) is 0. The minimum atomic E-state index is -0.297. The van der Waals surface area contributed by atoms with E-state index in [0.717, 1.165) is 16.0 Å². The first-order valence-electron chi connectivity index (χ1n) is 8.09. The Morgan fingerprint density at radius 3 is 2.70 bits per heavy atom. The molecule has 0 bridgehead atoms. The molecule has 0 atom stereocenters. The van der Waals surface area contributed by atoms with Crippen LogP contribution >= 0.6 is 11.3 Å². The van der Waals surface area contributed by atoms with E-state index in [2.05, 4.69) is 16.4 Å². The quantitative estimate of drug-likeness (QED) is 0.570. The highest BCUT2D eigenvalue weighted by Crippen LogP contribution is 2.29. The molecule has 7 heteroatoms. The van der Waals surface area contributed by atoms with E-state index in [-0.39, 0.29) is 11.7 Å². The average Bonchev–Trinajstić information content (AvgIpc) is 3.28. The van der Waals surface area contributed by atoms with Crippen molar-refractivity contribution in [3.8, 4) is 16.5 Å². The second kappa shape index (κ2) is 6.67. The number of aromatic nitrogens is 2. The van der Waals surface area contributed by atoms with Gasteiger partial charge in [0.25, 0.3) is 5.91 Å². The highest BCUT2D eigenvalue weighted by molar-refractivity contribution is 7.17. The number of carbonyl (C=O) groups excluding carboxylic acids is 1. The first-order valence-corrected chi connectivity index (χ1v) is 8.90. The second-order valence-corrected chi connectivity index (χ2v) is 7.02. The molecule has 0 fully saturated rings. The molecule has 0 aliphatic carbocycles. The van der Waals surface area contributed by atoms with Crippen molar-refractivity contribution < 1.29 is 9.18 Å². The fourth-order valence-corrected chi connectivity index (χ4v) is 3.67. The molecule has 0 unspecified atom stereocenters. The third-order valence-electron chi connectivity index (χ3n) is 4.19. The summed E-state index contributed by atoms with van der Waals surface area (Å²) in [7, 11) is 1.78. The molecule has 2 aromatic heterocycles. The molecule has 132 valence electrons. The van der Waals surface area contributed by atoms with Crippen molar-refractivity contribution in [2.45, 2.75) is 0 Å². The van der Waals surface area contributed by atoms with E-state index in [1.165, 1.54) is 23.5 Å². The van der Waals surface area contributed by atoms with Crippen LogP contribution in [-0.2, 0) is 7.05 Å². The molecule has 2 heterocycles. The van der Waals surface area contributed by atoms with Gasteiger partial charge in [-0.3, -0.25) is 10.1 Å². The molecule has 0 saturated heterocycles. The zero-order chi connectivity index (χ0) is 19.0. The van der Waals surface area contributed by atoms with Gasteiger partial charge in [0.15, 0.2) is 0 Å². The molecule has 0 aliphatic heterocycles. The summed E-state index contributed by atoms with van der Waals surface area (Å²) in [6.45, 7) is 0. The van der Waals surface area contributed by atoms with Crippen LogP contribution in [0.3, 0.4) is 0 Å². The van der Waals surface area contributed by atoms with E-state index in [4.69, 9.17) is 5.26 Å². The van der Waals surface area contributed by atoms with E-state index >= 15 is 0 Å². The van der Waals surface area contributed by atoms with Crippen molar-refractivity contribution in [2.75, 3.05) is 5.32 Å². The highest BCUT2D eigenvalue weighted by atomic mass is 32.1. The minimum absolute atomic E-state index is 0.271. The summed E-state index contributed by atoms with van der Waals surface area (Å²) in [5.41, 5.74) is 2.85. The number of nitrogens with one attached hydrogen (secondary N) is 1. The van der Waals surface area contributed by atoms with Crippen molar-refractivity contribution in [2.24, 2.45) is 7.05 Å². The third kappa shape index (κ3) is 3.18. The standard InChI is InChI=1S/C20H13FN4OS/c1-25-16-10-12(11-22)2-7-15(16)23-20(25)24-19(26)18-9-8-17(27-18)13-3-5-14(21)6-4-13/h2-10H,1H3,(H,23,24,26). The van der Waals surface area contributed by atoms with Crippen LogP contribution in [0, 0.1) is 17.1 Å². The zero-order valence-electron chi connectivity index (χ0n) is 14.2. The Kier molecular flexibility index (Phi) is 4.18. The van der Waals surface area contributed by atoms with Gasteiger partial charge in [-0.1, -0.05) is 12.1 Å². The first kappa shape index (κ1) is 16.9. The number of hydrogen-bond acceptors (Lipinski definition) is 4. The normalized spacial score (nSPS) is 10.7. The van der Waals surface area contributed by atoms with Crippen LogP contribution in [0.25, 0.3) is 21.5 Å². The second-order valence-electron chi connectivity index (χ2n) is 5.93. The summed E-state index contributed by atoms with van der Waals surface area (Å²) < 4.78 is 14.8. The lowest BCUT2D eigenvalue weighted by molar-refractivity contribution is 0.102. The summed E-state index contributed by atoms with van der Waals surface area (Å²) in [6, 6.07) is 17.0. The number of hydrogen-bond donors (Lipinski definition) is 1. The number of carbonyl (C=O) groups is 1. The predicted octanol–water partition coefficient (Wildman–Crippen LogP) is 4.56. The van der Waals surface area contributed by atoms with Crippen molar-refractivity contribution in [1.82, 2.24) is 9.55 Å². The molecule has 0 saturated carbocycles. The summed E-state index contributed by atoms with van der Waals surface area (Å²) in [4.78, 5) is 18.4. The Morgan fingerprint density at radius 2 is 1.96 bits per heavy atom. The molecule has 4 rings (SSSR count). The SMILES string of the molecule is Cn1c(NC(=O)c2ccc(-c3ccc(F)cc3)s2)nc2ccc(C#N)cc21. The predicted molar refractivity (Wildman–Crippen MR) is 103 cm³/mol. The van der Waals surface area contributed by atoms with Crippen LogP contribution in [0.15, 0.2) is 54.6 Å². The minimum Gasteiger partial charge on any atom is -0.313 e. The number of amides is 1. The lowest BCUT2D eigenvalue weighted by atomic mass is 10.2. The molecule has 5 nitrogen and oxygen atoms in total. The number of nitrogens with zero attached hydrogens (tertiary/aromatic N) is 3. The largest absolute Gasteiger partial charge is 0.313 e. The Hall–Kier alpha value is -3.50. The van der Waals surface area contributed by atoms with Crippen LogP contribution in [0.4, 0.5) is 10.3 Å². The van der Waals surface area contributed by atoms with Gasteiger partial charge in [-0.05, 0) is 48.0 Å². The fraction of sp³-hybridized carbons (Fsp3) is 0.0500. The lowest BCUT2D eigenvalue weighted by Gasteiger charge is -2.03. The van der Waals surface area contributed by atoms with E-state index in [0.29, 0.717) is 21.9 Å². The summed E-state index contributed by atoms with van der Waals surface area (Å²) in [5, 5.41) is 11.8. The summed E-state index contributed by atoms with van der Waals surface area (Å²) in [5.74, 6) is -0.163. The van der Waals surface area contributed by atoms with Crippen molar-refractivity contribution in [1.29, 1.82) is 5.26 Å². The van der Waals surface area contributed by atoms with Crippen LogP contribution < -0.4 is 5.32 Å². The Labute approximate surface area is 158 Å². The number of fused-ring (bicyclic) bond motifs is 1.